The Morgan fingerprint density at radius 3 is 2.53 bits per heavy atom. The fourth-order valence-electron chi connectivity index (χ4n) is 1.55. The maximum Gasteiger partial charge on any atom is 0.0412 e. The average molecular weight is 311 g/mol. The fraction of sp³-hybridized carbons (Fsp3) is 0.143. The van der Waals surface area contributed by atoms with E-state index in [9.17, 15) is 0 Å². The van der Waals surface area contributed by atoms with E-state index in [1.54, 1.807) is 0 Å². The molecule has 0 amide bonds. The minimum absolute atomic E-state index is 0.754. The second-order valence-electron chi connectivity index (χ2n) is 3.96. The summed E-state index contributed by atoms with van der Waals surface area (Å²) in [5, 5.41) is 4.13. The number of rotatable bonds is 3. The van der Waals surface area contributed by atoms with Gasteiger partial charge in [-0.25, -0.2) is 0 Å². The van der Waals surface area contributed by atoms with Gasteiger partial charge in [-0.05, 0) is 42.8 Å². The summed E-state index contributed by atoms with van der Waals surface area (Å²) >= 11 is 9.49. The van der Waals surface area contributed by atoms with Crippen LogP contribution in [0, 0.1) is 6.92 Å². The molecule has 0 saturated carbocycles. The third-order valence-corrected chi connectivity index (χ3v) is 3.55. The highest BCUT2D eigenvalue weighted by molar-refractivity contribution is 9.10. The molecule has 0 aliphatic rings. The van der Waals surface area contributed by atoms with Crippen molar-refractivity contribution in [3.63, 3.8) is 0 Å². The van der Waals surface area contributed by atoms with Crippen molar-refractivity contribution in [2.24, 2.45) is 0 Å². The Balaban J connectivity index is 2.07. The van der Waals surface area contributed by atoms with Gasteiger partial charge >= 0.3 is 0 Å². The lowest BCUT2D eigenvalue weighted by Crippen LogP contribution is -2.00. The van der Waals surface area contributed by atoms with E-state index in [1.165, 1.54) is 5.56 Å². The summed E-state index contributed by atoms with van der Waals surface area (Å²) in [4.78, 5) is 0. The second-order valence-corrected chi connectivity index (χ2v) is 5.25. The van der Waals surface area contributed by atoms with Gasteiger partial charge in [0.1, 0.15) is 0 Å². The zero-order valence-corrected chi connectivity index (χ0v) is 11.8. The second kappa shape index (κ2) is 5.56. The molecular weight excluding hydrogens is 298 g/mol. The van der Waals surface area contributed by atoms with Gasteiger partial charge in [0.05, 0.1) is 0 Å². The fourth-order valence-corrected chi connectivity index (χ4v) is 2.13. The normalized spacial score (nSPS) is 10.3. The number of halogens is 2. The first-order valence-electron chi connectivity index (χ1n) is 5.39. The first-order chi connectivity index (χ1) is 8.15. The molecule has 1 N–H and O–H groups in total. The van der Waals surface area contributed by atoms with E-state index in [0.717, 1.165) is 27.3 Å². The predicted octanol–water partition coefficient (Wildman–Crippen LogP) is 5.02. The molecule has 0 fully saturated rings. The number of hydrogen-bond donors (Lipinski definition) is 1. The van der Waals surface area contributed by atoms with Crippen LogP contribution in [0.5, 0.6) is 0 Å². The van der Waals surface area contributed by atoms with Gasteiger partial charge in [-0.15, -0.1) is 0 Å². The van der Waals surface area contributed by atoms with Gasteiger partial charge in [0.15, 0.2) is 0 Å². The van der Waals surface area contributed by atoms with Gasteiger partial charge in [0.25, 0.3) is 0 Å². The SMILES string of the molecule is Cc1ccc(NCc2cc(Cl)ccc2Br)cc1. The zero-order valence-electron chi connectivity index (χ0n) is 9.50. The molecule has 2 rings (SSSR count). The number of nitrogens with one attached hydrogen (secondary N) is 1. The highest BCUT2D eigenvalue weighted by Gasteiger charge is 2.00. The van der Waals surface area contributed by atoms with Gasteiger partial charge in [0.2, 0.25) is 0 Å². The van der Waals surface area contributed by atoms with Gasteiger partial charge in [-0.2, -0.15) is 0 Å². The Morgan fingerprint density at radius 2 is 1.82 bits per heavy atom. The first kappa shape index (κ1) is 12.5. The molecule has 17 heavy (non-hydrogen) atoms. The summed E-state index contributed by atoms with van der Waals surface area (Å²) < 4.78 is 1.07. The molecule has 0 radical (unpaired) electrons. The van der Waals surface area contributed by atoms with E-state index in [1.807, 2.05) is 18.2 Å². The van der Waals surface area contributed by atoms with Crippen molar-refractivity contribution >= 4 is 33.2 Å². The summed E-state index contributed by atoms with van der Waals surface area (Å²) in [6.45, 7) is 2.83. The van der Waals surface area contributed by atoms with Crippen molar-refractivity contribution in [3.05, 3.63) is 63.1 Å². The molecule has 0 bridgehead atoms. The molecular formula is C14H13BrClN. The molecule has 88 valence electrons. The van der Waals surface area contributed by atoms with Crippen LogP contribution in [-0.2, 0) is 6.54 Å². The number of benzene rings is 2. The van der Waals surface area contributed by atoms with Crippen LogP contribution in [-0.4, -0.2) is 0 Å². The predicted molar refractivity (Wildman–Crippen MR) is 77.7 cm³/mol. The third kappa shape index (κ3) is 3.48. The lowest BCUT2D eigenvalue weighted by molar-refractivity contribution is 1.14. The molecule has 0 aliphatic carbocycles. The number of hydrogen-bond acceptors (Lipinski definition) is 1. The van der Waals surface area contributed by atoms with E-state index < -0.39 is 0 Å². The quantitative estimate of drug-likeness (QED) is 0.839. The summed E-state index contributed by atoms with van der Waals surface area (Å²) in [6.07, 6.45) is 0. The van der Waals surface area contributed by atoms with Gasteiger partial charge < -0.3 is 5.32 Å². The van der Waals surface area contributed by atoms with Gasteiger partial charge in [0, 0.05) is 21.7 Å². The zero-order chi connectivity index (χ0) is 12.3. The van der Waals surface area contributed by atoms with E-state index in [-0.39, 0.29) is 0 Å². The molecule has 0 unspecified atom stereocenters. The number of aryl methyl sites for hydroxylation is 1. The standard InChI is InChI=1S/C14H13BrClN/c1-10-2-5-13(6-3-10)17-9-11-8-12(16)4-7-14(11)15/h2-8,17H,9H2,1H3. The summed E-state index contributed by atoms with van der Waals surface area (Å²) in [5.74, 6) is 0. The van der Waals surface area contributed by atoms with Crippen LogP contribution in [0.3, 0.4) is 0 Å². The largest absolute Gasteiger partial charge is 0.381 e. The van der Waals surface area contributed by atoms with Crippen LogP contribution in [0.4, 0.5) is 5.69 Å². The van der Waals surface area contributed by atoms with Crippen molar-refractivity contribution in [2.75, 3.05) is 5.32 Å². The summed E-state index contributed by atoms with van der Waals surface area (Å²) in [7, 11) is 0. The Kier molecular flexibility index (Phi) is 4.08. The molecule has 0 aliphatic heterocycles. The van der Waals surface area contributed by atoms with Crippen molar-refractivity contribution in [1.29, 1.82) is 0 Å². The molecule has 0 spiro atoms. The summed E-state index contributed by atoms with van der Waals surface area (Å²) in [5.41, 5.74) is 3.53. The monoisotopic (exact) mass is 309 g/mol. The van der Waals surface area contributed by atoms with Gasteiger partial charge in [-0.1, -0.05) is 45.2 Å². The van der Waals surface area contributed by atoms with Crippen LogP contribution in [0.1, 0.15) is 11.1 Å². The maximum atomic E-state index is 5.97. The highest BCUT2D eigenvalue weighted by Crippen LogP contribution is 2.22. The third-order valence-electron chi connectivity index (χ3n) is 2.54. The van der Waals surface area contributed by atoms with Gasteiger partial charge in [-0.3, -0.25) is 0 Å². The average Bonchev–Trinajstić information content (AvgIpc) is 2.32. The lowest BCUT2D eigenvalue weighted by Gasteiger charge is -2.09. The molecule has 0 saturated heterocycles. The molecule has 2 aromatic rings. The highest BCUT2D eigenvalue weighted by atomic mass is 79.9. The molecule has 0 atom stereocenters. The van der Waals surface area contributed by atoms with Crippen molar-refractivity contribution in [1.82, 2.24) is 0 Å². The van der Waals surface area contributed by atoms with E-state index in [4.69, 9.17) is 11.6 Å². The first-order valence-corrected chi connectivity index (χ1v) is 6.57. The lowest BCUT2D eigenvalue weighted by atomic mass is 10.2. The van der Waals surface area contributed by atoms with Crippen molar-refractivity contribution < 1.29 is 0 Å². The van der Waals surface area contributed by atoms with Crippen LogP contribution in [0.2, 0.25) is 5.02 Å². The smallest absolute Gasteiger partial charge is 0.0412 e. The van der Waals surface area contributed by atoms with Crippen molar-refractivity contribution in [2.45, 2.75) is 13.5 Å². The van der Waals surface area contributed by atoms with E-state index in [2.05, 4.69) is 52.4 Å². The molecule has 1 nitrogen and oxygen atoms in total. The minimum Gasteiger partial charge on any atom is -0.381 e. The van der Waals surface area contributed by atoms with Crippen LogP contribution >= 0.6 is 27.5 Å². The Labute approximate surface area is 115 Å². The maximum absolute atomic E-state index is 5.97. The number of anilines is 1. The molecule has 2 aromatic carbocycles. The Hall–Kier alpha value is -0.990. The summed E-state index contributed by atoms with van der Waals surface area (Å²) in [6, 6.07) is 14.1. The Bertz CT molecular complexity index is 508. The van der Waals surface area contributed by atoms with Crippen LogP contribution in [0.25, 0.3) is 0 Å². The van der Waals surface area contributed by atoms with Crippen LogP contribution in [0.15, 0.2) is 46.9 Å². The molecule has 0 heterocycles. The molecule has 0 aromatic heterocycles. The van der Waals surface area contributed by atoms with Crippen molar-refractivity contribution in [3.8, 4) is 0 Å². The Morgan fingerprint density at radius 1 is 1.12 bits per heavy atom. The minimum atomic E-state index is 0.754. The molecule has 3 heteroatoms. The van der Waals surface area contributed by atoms with E-state index in [0.29, 0.717) is 0 Å². The topological polar surface area (TPSA) is 12.0 Å². The van der Waals surface area contributed by atoms with Crippen LogP contribution < -0.4 is 5.32 Å². The van der Waals surface area contributed by atoms with E-state index >= 15 is 0 Å².